The summed E-state index contributed by atoms with van der Waals surface area (Å²) in [7, 11) is 1.83. The number of rotatable bonds is 4. The maximum Gasteiger partial charge on any atom is 0.490 e. The number of halogens is 3. The zero-order valence-corrected chi connectivity index (χ0v) is 18.7. The Bertz CT molecular complexity index is 942. The molecule has 0 bridgehead atoms. The van der Waals surface area contributed by atoms with Gasteiger partial charge in [-0.2, -0.15) is 18.3 Å². The third-order valence-electron chi connectivity index (χ3n) is 6.03. The van der Waals surface area contributed by atoms with E-state index in [0.717, 1.165) is 32.5 Å². The standard InChI is InChI=1S/C18H25N5OS.C2HF3O2/c1-13-16(25-12-19-13)11-23-5-3-18(4-6-23)7-15(8-18)21-17(24)14-9-20-22(2)10-14;3-2(4,5)1(6)7/h9-10,12,15H,3-8,11H2,1-2H3,(H,21,24);(H,6,7). The lowest BCUT2D eigenvalue weighted by molar-refractivity contribution is -0.192. The Morgan fingerprint density at radius 3 is 2.41 bits per heavy atom. The smallest absolute Gasteiger partial charge is 0.475 e. The predicted octanol–water partition coefficient (Wildman–Crippen LogP) is 2.99. The van der Waals surface area contributed by atoms with Crippen LogP contribution in [0.1, 0.15) is 46.6 Å². The van der Waals surface area contributed by atoms with Crippen LogP contribution < -0.4 is 5.32 Å². The van der Waals surface area contributed by atoms with Crippen molar-refractivity contribution in [3.63, 3.8) is 0 Å². The molecule has 1 saturated heterocycles. The van der Waals surface area contributed by atoms with Gasteiger partial charge in [0.15, 0.2) is 0 Å². The average molecular weight is 474 g/mol. The van der Waals surface area contributed by atoms with E-state index in [1.807, 2.05) is 12.6 Å². The van der Waals surface area contributed by atoms with Crippen LogP contribution >= 0.6 is 11.3 Å². The second kappa shape index (κ2) is 9.57. The first kappa shape index (κ1) is 24.2. The van der Waals surface area contributed by atoms with Crippen LogP contribution in [0.4, 0.5) is 13.2 Å². The molecule has 2 fully saturated rings. The quantitative estimate of drug-likeness (QED) is 0.708. The molecule has 0 aromatic carbocycles. The molecule has 0 unspecified atom stereocenters. The fourth-order valence-electron chi connectivity index (χ4n) is 4.17. The lowest BCUT2D eigenvalue weighted by atomic mass is 9.60. The van der Waals surface area contributed by atoms with E-state index in [-0.39, 0.29) is 5.91 Å². The summed E-state index contributed by atoms with van der Waals surface area (Å²) in [4.78, 5) is 29.4. The van der Waals surface area contributed by atoms with Gasteiger partial charge in [0, 0.05) is 30.7 Å². The monoisotopic (exact) mass is 473 g/mol. The molecule has 1 amide bonds. The molecular weight excluding hydrogens is 447 g/mol. The molecule has 1 aliphatic heterocycles. The Labute approximate surface area is 187 Å². The van der Waals surface area contributed by atoms with E-state index in [1.165, 1.54) is 23.4 Å². The Balaban J connectivity index is 0.000000360. The normalized spacial score (nSPS) is 18.5. The van der Waals surface area contributed by atoms with Gasteiger partial charge in [-0.1, -0.05) is 0 Å². The summed E-state index contributed by atoms with van der Waals surface area (Å²) in [5.74, 6) is -2.75. The number of likely N-dealkylation sites (tertiary alicyclic amines) is 1. The van der Waals surface area contributed by atoms with Crippen LogP contribution in [0.3, 0.4) is 0 Å². The molecule has 0 radical (unpaired) electrons. The van der Waals surface area contributed by atoms with Crippen molar-refractivity contribution in [1.29, 1.82) is 0 Å². The third-order valence-corrected chi connectivity index (χ3v) is 6.95. The Hall–Kier alpha value is -2.47. The molecule has 12 heteroatoms. The minimum atomic E-state index is -5.08. The predicted molar refractivity (Wildman–Crippen MR) is 111 cm³/mol. The third kappa shape index (κ3) is 6.06. The Kier molecular flexibility index (Phi) is 7.23. The average Bonchev–Trinajstić information content (AvgIpc) is 3.30. The van der Waals surface area contributed by atoms with Crippen LogP contribution in [-0.2, 0) is 18.4 Å². The summed E-state index contributed by atoms with van der Waals surface area (Å²) in [6.07, 6.45) is 3.03. The van der Waals surface area contributed by atoms with E-state index >= 15 is 0 Å². The van der Waals surface area contributed by atoms with Crippen LogP contribution in [-0.4, -0.2) is 62.0 Å². The summed E-state index contributed by atoms with van der Waals surface area (Å²) in [5.41, 5.74) is 4.22. The minimum absolute atomic E-state index is 0.00561. The number of hydrogen-bond donors (Lipinski definition) is 2. The molecule has 4 rings (SSSR count). The van der Waals surface area contributed by atoms with E-state index in [9.17, 15) is 18.0 Å². The summed E-state index contributed by atoms with van der Waals surface area (Å²) >= 11 is 1.76. The number of carbonyl (C=O) groups is 2. The number of carboxylic acids is 1. The van der Waals surface area contributed by atoms with Crippen molar-refractivity contribution in [2.45, 2.75) is 51.4 Å². The first-order valence-corrected chi connectivity index (χ1v) is 11.1. The topological polar surface area (TPSA) is 100 Å². The van der Waals surface area contributed by atoms with Gasteiger partial charge in [0.25, 0.3) is 5.91 Å². The van der Waals surface area contributed by atoms with Crippen LogP contribution in [0, 0.1) is 12.3 Å². The number of amides is 1. The number of thiazole rings is 1. The Morgan fingerprint density at radius 1 is 1.31 bits per heavy atom. The minimum Gasteiger partial charge on any atom is -0.475 e. The van der Waals surface area contributed by atoms with Crippen molar-refractivity contribution in [1.82, 2.24) is 25.0 Å². The first-order valence-electron chi connectivity index (χ1n) is 10.2. The second-order valence-corrected chi connectivity index (χ2v) is 9.36. The molecule has 8 nitrogen and oxygen atoms in total. The number of carbonyl (C=O) groups excluding carboxylic acids is 1. The number of alkyl halides is 3. The number of nitrogens with one attached hydrogen (secondary N) is 1. The molecule has 0 atom stereocenters. The molecule has 1 aliphatic carbocycles. The van der Waals surface area contributed by atoms with Gasteiger partial charge in [-0.05, 0) is 51.1 Å². The lowest BCUT2D eigenvalue weighted by Gasteiger charge is -2.52. The van der Waals surface area contributed by atoms with Crippen molar-refractivity contribution in [3.05, 3.63) is 34.0 Å². The van der Waals surface area contributed by atoms with Crippen LogP contribution in [0.2, 0.25) is 0 Å². The van der Waals surface area contributed by atoms with E-state index in [0.29, 0.717) is 17.0 Å². The molecule has 176 valence electrons. The van der Waals surface area contributed by atoms with Gasteiger partial charge in [0.2, 0.25) is 0 Å². The highest BCUT2D eigenvalue weighted by molar-refractivity contribution is 7.09. The maximum atomic E-state index is 12.2. The summed E-state index contributed by atoms with van der Waals surface area (Å²) in [6.45, 7) is 5.44. The maximum absolute atomic E-state index is 12.2. The zero-order chi connectivity index (χ0) is 23.5. The van der Waals surface area contributed by atoms with Crippen molar-refractivity contribution < 1.29 is 27.9 Å². The van der Waals surface area contributed by atoms with Gasteiger partial charge in [0.05, 0.1) is 23.0 Å². The number of aromatic nitrogens is 3. The van der Waals surface area contributed by atoms with Gasteiger partial charge >= 0.3 is 12.1 Å². The second-order valence-electron chi connectivity index (χ2n) is 8.42. The molecule has 2 aromatic heterocycles. The van der Waals surface area contributed by atoms with Crippen molar-refractivity contribution in [2.75, 3.05) is 13.1 Å². The lowest BCUT2D eigenvalue weighted by Crippen LogP contribution is -2.54. The van der Waals surface area contributed by atoms with E-state index in [4.69, 9.17) is 9.90 Å². The van der Waals surface area contributed by atoms with E-state index in [1.54, 1.807) is 28.4 Å². The van der Waals surface area contributed by atoms with Gasteiger partial charge < -0.3 is 10.4 Å². The number of aliphatic carboxylic acids is 1. The highest BCUT2D eigenvalue weighted by Crippen LogP contribution is 2.49. The number of aryl methyl sites for hydroxylation is 2. The van der Waals surface area contributed by atoms with Gasteiger partial charge in [-0.15, -0.1) is 11.3 Å². The number of nitrogens with zero attached hydrogens (tertiary/aromatic N) is 4. The van der Waals surface area contributed by atoms with Gasteiger partial charge in [0.1, 0.15) is 0 Å². The number of piperidine rings is 1. The highest BCUT2D eigenvalue weighted by Gasteiger charge is 2.46. The SMILES string of the molecule is Cc1ncsc1CN1CCC2(CC1)CC(NC(=O)c1cnn(C)c1)C2.O=C(O)C(F)(F)F. The largest absolute Gasteiger partial charge is 0.490 e. The summed E-state index contributed by atoms with van der Waals surface area (Å²) in [6, 6.07) is 0.322. The van der Waals surface area contributed by atoms with Crippen molar-refractivity contribution in [2.24, 2.45) is 12.5 Å². The Morgan fingerprint density at radius 2 is 1.94 bits per heavy atom. The van der Waals surface area contributed by atoms with E-state index < -0.39 is 12.1 Å². The number of carboxylic acid groups (broad SMARTS) is 1. The van der Waals surface area contributed by atoms with Crippen LogP contribution in [0.15, 0.2) is 17.9 Å². The number of hydrogen-bond acceptors (Lipinski definition) is 6. The molecule has 2 N–H and O–H groups in total. The van der Waals surface area contributed by atoms with Gasteiger partial charge in [-0.3, -0.25) is 14.4 Å². The fraction of sp³-hybridized carbons (Fsp3) is 0.600. The zero-order valence-electron chi connectivity index (χ0n) is 17.9. The summed E-state index contributed by atoms with van der Waals surface area (Å²) in [5, 5.41) is 14.3. The van der Waals surface area contributed by atoms with Crippen LogP contribution in [0.25, 0.3) is 0 Å². The molecule has 3 heterocycles. The molecule has 2 aliphatic rings. The first-order chi connectivity index (χ1) is 15.0. The van der Waals surface area contributed by atoms with Crippen molar-refractivity contribution in [3.8, 4) is 0 Å². The molecule has 2 aromatic rings. The molecule has 1 saturated carbocycles. The summed E-state index contributed by atoms with van der Waals surface area (Å²) < 4.78 is 33.4. The molecular formula is C20H26F3N5O3S. The van der Waals surface area contributed by atoms with Crippen molar-refractivity contribution >= 4 is 23.2 Å². The molecule has 32 heavy (non-hydrogen) atoms. The van der Waals surface area contributed by atoms with Gasteiger partial charge in [-0.25, -0.2) is 9.78 Å². The van der Waals surface area contributed by atoms with E-state index in [2.05, 4.69) is 27.2 Å². The fourth-order valence-corrected chi connectivity index (χ4v) is 4.99. The molecule has 1 spiro atoms. The highest BCUT2D eigenvalue weighted by atomic mass is 32.1. The van der Waals surface area contributed by atoms with Crippen LogP contribution in [0.5, 0.6) is 0 Å².